The average Bonchev–Trinajstić information content (AvgIpc) is 3.14. The van der Waals surface area contributed by atoms with Crippen molar-refractivity contribution in [3.8, 4) is 18.1 Å². The predicted molar refractivity (Wildman–Crippen MR) is 117 cm³/mol. The quantitative estimate of drug-likeness (QED) is 0.401. The van der Waals surface area contributed by atoms with Crippen LogP contribution in [-0.4, -0.2) is 21.0 Å². The van der Waals surface area contributed by atoms with Crippen molar-refractivity contribution >= 4 is 16.8 Å². The fourth-order valence-electron chi connectivity index (χ4n) is 3.73. The van der Waals surface area contributed by atoms with Crippen molar-refractivity contribution in [1.82, 2.24) is 15.3 Å². The molecule has 5 nitrogen and oxygen atoms in total. The number of nitrogens with zero attached hydrogens (tertiary/aromatic N) is 1. The van der Waals surface area contributed by atoms with Gasteiger partial charge >= 0.3 is 0 Å². The summed E-state index contributed by atoms with van der Waals surface area (Å²) in [5, 5.41) is 13.4. The van der Waals surface area contributed by atoms with Crippen LogP contribution in [0.15, 0.2) is 60.9 Å². The summed E-state index contributed by atoms with van der Waals surface area (Å²) in [7, 11) is 0. The molecule has 0 bridgehead atoms. The summed E-state index contributed by atoms with van der Waals surface area (Å²) in [6, 6.07) is 10.7. The summed E-state index contributed by atoms with van der Waals surface area (Å²) in [6.45, 7) is 0. The van der Waals surface area contributed by atoms with Gasteiger partial charge in [-0.2, -0.15) is 0 Å². The van der Waals surface area contributed by atoms with E-state index in [-0.39, 0.29) is 24.5 Å². The number of amides is 1. The van der Waals surface area contributed by atoms with E-state index in [1.165, 1.54) is 12.1 Å². The highest BCUT2D eigenvalue weighted by molar-refractivity contribution is 5.89. The Balaban J connectivity index is 1.62. The van der Waals surface area contributed by atoms with Crippen molar-refractivity contribution in [3.05, 3.63) is 94.9 Å². The zero-order chi connectivity index (χ0) is 22.7. The zero-order valence-corrected chi connectivity index (χ0v) is 16.9. The molecule has 0 aliphatic rings. The van der Waals surface area contributed by atoms with Gasteiger partial charge in [-0.3, -0.25) is 9.78 Å². The third-order valence-corrected chi connectivity index (χ3v) is 5.12. The first kappa shape index (κ1) is 21.1. The van der Waals surface area contributed by atoms with Gasteiger partial charge in [0.1, 0.15) is 17.4 Å². The summed E-state index contributed by atoms with van der Waals surface area (Å²) >= 11 is 0. The van der Waals surface area contributed by atoms with Gasteiger partial charge in [0.15, 0.2) is 0 Å². The van der Waals surface area contributed by atoms with Gasteiger partial charge < -0.3 is 15.4 Å². The molecule has 3 N–H and O–H groups in total. The van der Waals surface area contributed by atoms with Crippen LogP contribution in [0.4, 0.5) is 8.78 Å². The first-order valence-electron chi connectivity index (χ1n) is 9.88. The molecule has 32 heavy (non-hydrogen) atoms. The van der Waals surface area contributed by atoms with E-state index >= 15 is 0 Å². The van der Waals surface area contributed by atoms with E-state index in [1.807, 2.05) is 0 Å². The summed E-state index contributed by atoms with van der Waals surface area (Å²) in [5.74, 6) is 0.891. The molecule has 0 aliphatic carbocycles. The third-order valence-electron chi connectivity index (χ3n) is 5.12. The number of carbonyl (C=O) groups is 1. The van der Waals surface area contributed by atoms with Gasteiger partial charge in [0.2, 0.25) is 5.91 Å². The SMILES string of the molecule is C#Cc1cccnc1[C@H](Cc1cc(F)cc(F)c1)NC(=O)Cc1c[nH]c2ccc(O)cc12. The zero-order valence-electron chi connectivity index (χ0n) is 16.9. The molecule has 0 aliphatic heterocycles. The fraction of sp³-hybridized carbons (Fsp3) is 0.120. The third kappa shape index (κ3) is 4.60. The maximum Gasteiger partial charge on any atom is 0.225 e. The van der Waals surface area contributed by atoms with Gasteiger partial charge in [0.05, 0.1) is 18.2 Å². The molecule has 0 saturated heterocycles. The highest BCUT2D eigenvalue weighted by atomic mass is 19.1. The van der Waals surface area contributed by atoms with Crippen LogP contribution in [0.5, 0.6) is 5.75 Å². The van der Waals surface area contributed by atoms with Crippen molar-refractivity contribution < 1.29 is 18.7 Å². The van der Waals surface area contributed by atoms with Crippen LogP contribution < -0.4 is 5.32 Å². The second-order valence-corrected chi connectivity index (χ2v) is 7.40. The van der Waals surface area contributed by atoms with Gasteiger partial charge in [-0.05, 0) is 60.0 Å². The number of halogens is 2. The van der Waals surface area contributed by atoms with E-state index in [4.69, 9.17) is 6.42 Å². The van der Waals surface area contributed by atoms with E-state index in [0.717, 1.165) is 17.0 Å². The molecule has 160 valence electrons. The van der Waals surface area contributed by atoms with Crippen molar-refractivity contribution in [2.75, 3.05) is 0 Å². The number of aromatic hydroxyl groups is 1. The molecule has 4 aromatic rings. The lowest BCUT2D eigenvalue weighted by Gasteiger charge is -2.20. The number of carbonyl (C=O) groups excluding carboxylic acids is 1. The Morgan fingerprint density at radius 3 is 2.72 bits per heavy atom. The maximum absolute atomic E-state index is 13.7. The first-order chi connectivity index (χ1) is 15.4. The molecule has 2 aromatic heterocycles. The van der Waals surface area contributed by atoms with Crippen LogP contribution in [0.1, 0.15) is 28.4 Å². The van der Waals surface area contributed by atoms with Gasteiger partial charge in [-0.1, -0.05) is 5.92 Å². The lowest BCUT2D eigenvalue weighted by molar-refractivity contribution is -0.121. The van der Waals surface area contributed by atoms with Crippen LogP contribution >= 0.6 is 0 Å². The molecule has 2 aromatic carbocycles. The van der Waals surface area contributed by atoms with Crippen molar-refractivity contribution in [3.63, 3.8) is 0 Å². The maximum atomic E-state index is 13.7. The van der Waals surface area contributed by atoms with E-state index in [0.29, 0.717) is 22.4 Å². The van der Waals surface area contributed by atoms with Crippen LogP contribution in [-0.2, 0) is 17.6 Å². The van der Waals surface area contributed by atoms with Crippen LogP contribution in [0.2, 0.25) is 0 Å². The van der Waals surface area contributed by atoms with Gasteiger partial charge in [-0.25, -0.2) is 8.78 Å². The number of hydrogen-bond acceptors (Lipinski definition) is 3. The van der Waals surface area contributed by atoms with Crippen LogP contribution in [0, 0.1) is 24.0 Å². The van der Waals surface area contributed by atoms with Gasteiger partial charge in [-0.15, -0.1) is 6.42 Å². The topological polar surface area (TPSA) is 78.0 Å². The Labute approximate surface area is 183 Å². The van der Waals surface area contributed by atoms with E-state index in [9.17, 15) is 18.7 Å². The summed E-state index contributed by atoms with van der Waals surface area (Å²) in [5.41, 5.74) is 2.76. The lowest BCUT2D eigenvalue weighted by atomic mass is 9.98. The molecule has 0 unspecified atom stereocenters. The summed E-state index contributed by atoms with van der Waals surface area (Å²) in [4.78, 5) is 20.3. The van der Waals surface area contributed by atoms with Gasteiger partial charge in [0.25, 0.3) is 0 Å². The molecular weight excluding hydrogens is 412 g/mol. The number of benzene rings is 2. The number of nitrogens with one attached hydrogen (secondary N) is 2. The minimum atomic E-state index is -0.707. The number of phenols is 1. The Morgan fingerprint density at radius 2 is 1.97 bits per heavy atom. The Kier molecular flexibility index (Phi) is 5.86. The monoisotopic (exact) mass is 431 g/mol. The molecule has 0 saturated carbocycles. The normalized spacial score (nSPS) is 11.8. The van der Waals surface area contributed by atoms with E-state index < -0.39 is 17.7 Å². The first-order valence-corrected chi connectivity index (χ1v) is 9.88. The van der Waals surface area contributed by atoms with E-state index in [2.05, 4.69) is 21.2 Å². The number of pyridine rings is 1. The minimum Gasteiger partial charge on any atom is -0.508 e. The molecule has 7 heteroatoms. The Hall–Kier alpha value is -4.18. The molecule has 1 amide bonds. The van der Waals surface area contributed by atoms with Crippen molar-refractivity contribution in [2.24, 2.45) is 0 Å². The van der Waals surface area contributed by atoms with E-state index in [1.54, 1.807) is 42.7 Å². The molecule has 0 spiro atoms. The predicted octanol–water partition coefficient (Wildman–Crippen LogP) is 4.17. The number of rotatable bonds is 6. The summed E-state index contributed by atoms with van der Waals surface area (Å²) in [6.07, 6.45) is 8.97. The number of terminal acetylenes is 1. The largest absolute Gasteiger partial charge is 0.508 e. The van der Waals surface area contributed by atoms with Crippen LogP contribution in [0.25, 0.3) is 10.9 Å². The molecule has 1 atom stereocenters. The number of aromatic nitrogens is 2. The highest BCUT2D eigenvalue weighted by Crippen LogP contribution is 2.25. The summed E-state index contributed by atoms with van der Waals surface area (Å²) < 4.78 is 27.4. The standard InChI is InChI=1S/C25H19F2N3O2/c1-2-16-4-3-7-28-25(16)23(10-15-8-18(26)12-19(27)9-15)30-24(32)11-17-14-29-22-6-5-20(31)13-21(17)22/h1,3-9,12-14,23,29,31H,10-11H2,(H,30,32)/t23-/m0/s1. The molecule has 4 rings (SSSR count). The fourth-order valence-corrected chi connectivity index (χ4v) is 3.73. The highest BCUT2D eigenvalue weighted by Gasteiger charge is 2.21. The number of H-pyrrole nitrogens is 1. The average molecular weight is 431 g/mol. The minimum absolute atomic E-state index is 0.0235. The second kappa shape index (κ2) is 8.90. The molecule has 2 heterocycles. The number of aromatic amines is 1. The lowest BCUT2D eigenvalue weighted by Crippen LogP contribution is -2.32. The Morgan fingerprint density at radius 1 is 1.19 bits per heavy atom. The second-order valence-electron chi connectivity index (χ2n) is 7.40. The van der Waals surface area contributed by atoms with Gasteiger partial charge in [0, 0.05) is 34.9 Å². The van der Waals surface area contributed by atoms with Crippen LogP contribution in [0.3, 0.4) is 0 Å². The molecule has 0 radical (unpaired) electrons. The van der Waals surface area contributed by atoms with Crippen molar-refractivity contribution in [2.45, 2.75) is 18.9 Å². The smallest absolute Gasteiger partial charge is 0.225 e. The molecular formula is C25H19F2N3O2. The van der Waals surface area contributed by atoms with Crippen molar-refractivity contribution in [1.29, 1.82) is 0 Å². The molecule has 0 fully saturated rings. The number of fused-ring (bicyclic) bond motifs is 1. The number of phenolic OH excluding ortho intramolecular Hbond substituents is 1. The number of hydrogen-bond donors (Lipinski definition) is 3. The Bertz CT molecular complexity index is 1320.